The molecule has 620 valence electrons. The summed E-state index contributed by atoms with van der Waals surface area (Å²) >= 11 is 0. The predicted octanol–water partition coefficient (Wildman–Crippen LogP) is 25.3. The van der Waals surface area contributed by atoms with E-state index in [1.807, 2.05) is 0 Å². The molecule has 16 nitrogen and oxygen atoms in total. The van der Waals surface area contributed by atoms with Crippen molar-refractivity contribution in [1.82, 2.24) is 0 Å². The molecule has 5 atom stereocenters. The lowest BCUT2D eigenvalue weighted by molar-refractivity contribution is -0.161. The molecule has 0 aromatic heterocycles. The number of esters is 3. The topological polar surface area (TPSA) is 231 Å². The second kappa shape index (κ2) is 82.1. The van der Waals surface area contributed by atoms with E-state index in [-0.39, 0.29) is 19.3 Å². The minimum Gasteiger partial charge on any atom is -0.463 e. The molecule has 0 aromatic carbocycles. The van der Waals surface area contributed by atoms with Gasteiger partial charge in [-0.2, -0.15) is 0 Å². The lowest BCUT2D eigenvalue weighted by Gasteiger charge is -2.21. The maximum atomic E-state index is 13.0. The van der Waals surface area contributed by atoms with E-state index in [0.29, 0.717) is 19.3 Å². The molecule has 0 aromatic rings. The van der Waals surface area contributed by atoms with Gasteiger partial charge in [0.15, 0.2) is 6.10 Å². The Kier molecular flexibility index (Phi) is 78.1. The molecule has 4 N–H and O–H groups in total. The molecule has 0 radical (unpaired) electrons. The number of phosphoric acid groups is 2. The maximum Gasteiger partial charge on any atom is 0.472 e. The van der Waals surface area contributed by atoms with Crippen LogP contribution in [0.1, 0.15) is 316 Å². The number of carbonyl (C=O) groups is 3. The highest BCUT2D eigenvalue weighted by Crippen LogP contribution is 2.45. The monoisotopic (exact) mass is 1560 g/mol. The van der Waals surface area contributed by atoms with Gasteiger partial charge in [-0.05, 0) is 154 Å². The number of phosphoric ester groups is 2. The molecule has 0 aliphatic rings. The van der Waals surface area contributed by atoms with Crippen LogP contribution >= 0.6 is 15.6 Å². The van der Waals surface area contributed by atoms with E-state index in [9.17, 15) is 43.5 Å². The van der Waals surface area contributed by atoms with E-state index in [1.165, 1.54) is 89.9 Å². The maximum absolute atomic E-state index is 13.0. The van der Waals surface area contributed by atoms with Gasteiger partial charge in [0, 0.05) is 19.3 Å². The van der Waals surface area contributed by atoms with E-state index >= 15 is 0 Å². The number of hydrogen-bond donors (Lipinski definition) is 4. The van der Waals surface area contributed by atoms with Gasteiger partial charge in [0.1, 0.15) is 25.4 Å². The van der Waals surface area contributed by atoms with Crippen LogP contribution in [0.3, 0.4) is 0 Å². The number of aliphatic hydroxyl groups is 2. The van der Waals surface area contributed by atoms with Crippen LogP contribution in [0.5, 0.6) is 0 Å². The molecule has 0 spiro atoms. The lowest BCUT2D eigenvalue weighted by atomic mass is 10.0. The lowest BCUT2D eigenvalue weighted by Crippen LogP contribution is -2.30. The Labute approximate surface area is 662 Å². The average Bonchev–Trinajstić information content (AvgIpc) is 0.896. The van der Waals surface area contributed by atoms with E-state index in [4.69, 9.17) is 32.3 Å². The van der Waals surface area contributed by atoms with Crippen molar-refractivity contribution in [2.24, 2.45) is 0 Å². The SMILES string of the molecule is CC/C=C\C/C=C\C/C=C\C/C=C\C/C=C\CCCCCCCCCCCCCCCCCCCC(=O)OCC(O)COP(=O)(O)OCC(O)COP(=O)(O)OCC(COC(=O)CCCCCCC/C=C\C/C=C\C/C=C\C/C=C\C/C=C\CC)OC(=O)CCCCC/C=C\C/C=C\C/C=C\C/C=C\C/C=C\CC. The van der Waals surface area contributed by atoms with Crippen molar-refractivity contribution in [3.8, 4) is 0 Å². The number of ether oxygens (including phenoxy) is 3. The van der Waals surface area contributed by atoms with Gasteiger partial charge in [0.05, 0.1) is 26.4 Å². The van der Waals surface area contributed by atoms with Gasteiger partial charge in [0.25, 0.3) is 0 Å². The first-order valence-electron chi connectivity index (χ1n) is 42.1. The summed E-state index contributed by atoms with van der Waals surface area (Å²) in [5, 5.41) is 20.7. The smallest absolute Gasteiger partial charge is 0.463 e. The largest absolute Gasteiger partial charge is 0.472 e. The second-order valence-corrected chi connectivity index (χ2v) is 30.4. The normalized spacial score (nSPS) is 14.8. The first-order valence-corrected chi connectivity index (χ1v) is 45.1. The summed E-state index contributed by atoms with van der Waals surface area (Å²) in [4.78, 5) is 58.8. The Bertz CT molecular complexity index is 2710. The Balaban J connectivity index is 4.56. The van der Waals surface area contributed by atoms with Crippen LogP contribution in [0.2, 0.25) is 0 Å². The fourth-order valence-electron chi connectivity index (χ4n) is 10.8. The minimum atomic E-state index is -4.96. The summed E-state index contributed by atoms with van der Waals surface area (Å²) in [7, 11) is -9.82. The van der Waals surface area contributed by atoms with Crippen LogP contribution < -0.4 is 0 Å². The number of aliphatic hydroxyl groups excluding tert-OH is 2. The molecule has 0 fully saturated rings. The number of hydrogen-bond acceptors (Lipinski definition) is 14. The zero-order valence-electron chi connectivity index (χ0n) is 67.9. The highest BCUT2D eigenvalue weighted by atomic mass is 31.2. The minimum absolute atomic E-state index is 0.0544. The molecular weight excluding hydrogens is 1410 g/mol. The van der Waals surface area contributed by atoms with Crippen LogP contribution in [0.15, 0.2) is 182 Å². The fraction of sp³-hybridized carbons (Fsp3) is 0.637. The molecule has 0 saturated heterocycles. The summed E-state index contributed by atoms with van der Waals surface area (Å²) in [5.74, 6) is -1.64. The summed E-state index contributed by atoms with van der Waals surface area (Å²) < 4.78 is 61.2. The fourth-order valence-corrected chi connectivity index (χ4v) is 12.4. The van der Waals surface area contributed by atoms with Gasteiger partial charge in [0.2, 0.25) is 0 Å². The molecule has 0 rings (SSSR count). The second-order valence-electron chi connectivity index (χ2n) is 27.5. The summed E-state index contributed by atoms with van der Waals surface area (Å²) in [6.07, 6.45) is 107. The van der Waals surface area contributed by atoms with Crippen molar-refractivity contribution in [2.45, 2.75) is 334 Å². The molecular formula is C91H150O16P2. The van der Waals surface area contributed by atoms with Crippen LogP contribution in [-0.2, 0) is 55.8 Å². The van der Waals surface area contributed by atoms with Crippen molar-refractivity contribution in [2.75, 3.05) is 39.6 Å². The van der Waals surface area contributed by atoms with Crippen molar-refractivity contribution in [3.05, 3.63) is 182 Å². The van der Waals surface area contributed by atoms with Gasteiger partial charge in [-0.25, -0.2) is 9.13 Å². The Morgan fingerprint density at radius 1 is 0.257 bits per heavy atom. The molecule has 0 aliphatic heterocycles. The van der Waals surface area contributed by atoms with Crippen molar-refractivity contribution in [1.29, 1.82) is 0 Å². The first-order chi connectivity index (χ1) is 53.2. The Morgan fingerprint density at radius 3 is 0.734 bits per heavy atom. The molecule has 0 amide bonds. The summed E-state index contributed by atoms with van der Waals surface area (Å²) in [6.45, 7) is 2.28. The number of unbranched alkanes of at least 4 members (excludes halogenated alkanes) is 25. The third-order valence-corrected chi connectivity index (χ3v) is 19.0. The van der Waals surface area contributed by atoms with Gasteiger partial charge in [-0.15, -0.1) is 0 Å². The van der Waals surface area contributed by atoms with E-state index in [1.54, 1.807) is 0 Å². The van der Waals surface area contributed by atoms with Gasteiger partial charge < -0.3 is 34.2 Å². The number of allylic oxidation sites excluding steroid dienone is 30. The molecule has 18 heteroatoms. The van der Waals surface area contributed by atoms with Gasteiger partial charge >= 0.3 is 33.6 Å². The van der Waals surface area contributed by atoms with E-state index in [0.717, 1.165) is 167 Å². The van der Waals surface area contributed by atoms with Crippen LogP contribution in [0.25, 0.3) is 0 Å². The third kappa shape index (κ3) is 83.4. The van der Waals surface area contributed by atoms with E-state index in [2.05, 4.69) is 203 Å². The van der Waals surface area contributed by atoms with Crippen molar-refractivity contribution >= 4 is 33.6 Å². The van der Waals surface area contributed by atoms with Gasteiger partial charge in [-0.3, -0.25) is 32.5 Å². The molecule has 0 bridgehead atoms. The standard InChI is InChI=1S/C91H150O16P2/c1-4-7-10-13-16-19-22-25-28-31-34-36-37-38-39-40-41-42-43-44-45-46-47-49-52-53-56-59-62-65-68-71-74-77-89(94)101-80-86(92)81-103-108(97,98)104-82-87(93)83-105-109(99,100)106-85-88(107-91(96)79-76-73-70-67-64-61-58-55-50-33-30-27-24-21-18-15-12-9-6-3)84-102-90(95)78-75-72-69-66-63-60-57-54-51-48-35-32-29-26-23-20-17-14-11-8-5-2/h7-12,16-21,25-30,34-36,38-39,48,50,54-55,57,61,64,86-88,92-93H,4-6,13-15,22-24,31-33,37,40-47,49,51-53,56,58-60,62-63,65-85H2,1-3H3,(H,97,98)(H,99,100)/b10-7-,11-8-,12-9-,19-16-,20-17-,21-18-,28-25-,29-26-,30-27-,36-34-,39-38-,48-35-,55-50-,57-54-,64-61-. The van der Waals surface area contributed by atoms with Crippen LogP contribution in [-0.4, -0.2) is 95.9 Å². The molecule has 5 unspecified atom stereocenters. The molecule has 0 aliphatic carbocycles. The third-order valence-electron chi connectivity index (χ3n) is 17.1. The van der Waals surface area contributed by atoms with Crippen molar-refractivity contribution in [3.63, 3.8) is 0 Å². The summed E-state index contributed by atoms with van der Waals surface area (Å²) in [5.41, 5.74) is 0. The first kappa shape index (κ1) is 104. The number of carbonyl (C=O) groups excluding carboxylic acids is 3. The quantitative estimate of drug-likeness (QED) is 0.0146. The zero-order chi connectivity index (χ0) is 79.4. The molecule has 109 heavy (non-hydrogen) atoms. The van der Waals surface area contributed by atoms with Crippen LogP contribution in [0, 0.1) is 0 Å². The number of rotatable bonds is 78. The zero-order valence-corrected chi connectivity index (χ0v) is 69.7. The highest BCUT2D eigenvalue weighted by molar-refractivity contribution is 7.47. The van der Waals surface area contributed by atoms with Crippen LogP contribution in [0.4, 0.5) is 0 Å². The molecule has 0 saturated carbocycles. The molecule has 0 heterocycles. The highest BCUT2D eigenvalue weighted by Gasteiger charge is 2.29. The van der Waals surface area contributed by atoms with E-state index < -0.39 is 91.5 Å². The predicted molar refractivity (Wildman–Crippen MR) is 454 cm³/mol. The average molecular weight is 1560 g/mol. The van der Waals surface area contributed by atoms with Gasteiger partial charge in [-0.1, -0.05) is 325 Å². The van der Waals surface area contributed by atoms with Crippen molar-refractivity contribution < 1.29 is 75.8 Å². The summed E-state index contributed by atoms with van der Waals surface area (Å²) in [6, 6.07) is 0. The Hall–Kier alpha value is -5.35. The Morgan fingerprint density at radius 2 is 0.459 bits per heavy atom.